The summed E-state index contributed by atoms with van der Waals surface area (Å²) in [6, 6.07) is 0. The maximum atomic E-state index is 3.94. The molecule has 2 nitrogen and oxygen atoms in total. The second-order valence-electron chi connectivity index (χ2n) is 1.34. The Hall–Kier alpha value is -0.180. The fourth-order valence-corrected chi connectivity index (χ4v) is 0.466. The van der Waals surface area contributed by atoms with Gasteiger partial charge >= 0.3 is 0 Å². The molecule has 0 aromatic carbocycles. The highest BCUT2D eigenvalue weighted by molar-refractivity contribution is 7.59. The fourth-order valence-electron chi connectivity index (χ4n) is 0.466. The lowest BCUT2D eigenvalue weighted by Gasteiger charge is -2.01. The minimum atomic E-state index is 0. The topological polar surface area (TPSA) is 24.4 Å². The van der Waals surface area contributed by atoms with E-state index in [1.54, 1.807) is 6.34 Å². The highest BCUT2D eigenvalue weighted by Crippen LogP contribution is 1.79. The Morgan fingerprint density at radius 1 is 1.57 bits per heavy atom. The van der Waals surface area contributed by atoms with Crippen LogP contribution in [0.25, 0.3) is 0 Å². The molecule has 1 N–H and O–H groups in total. The Bertz CT molecular complexity index is 54.7. The van der Waals surface area contributed by atoms with Crippen LogP contribution in [0.1, 0.15) is 6.42 Å². The van der Waals surface area contributed by atoms with Gasteiger partial charge in [-0.15, -0.1) is 0 Å². The van der Waals surface area contributed by atoms with Crippen LogP contribution in [-0.2, 0) is 0 Å². The molecule has 0 saturated heterocycles. The van der Waals surface area contributed by atoms with E-state index in [-0.39, 0.29) is 13.5 Å². The van der Waals surface area contributed by atoms with Crippen LogP contribution >= 0.6 is 13.5 Å². The maximum Gasteiger partial charge on any atom is 0.0823 e. The van der Waals surface area contributed by atoms with Crippen LogP contribution in [0.4, 0.5) is 0 Å². The van der Waals surface area contributed by atoms with Crippen molar-refractivity contribution in [2.75, 3.05) is 13.1 Å². The summed E-state index contributed by atoms with van der Waals surface area (Å²) in [4.78, 5) is 3.94. The van der Waals surface area contributed by atoms with Gasteiger partial charge in [0.2, 0.25) is 0 Å². The molecule has 1 aliphatic rings. The lowest BCUT2D eigenvalue weighted by Crippen LogP contribution is -2.17. The monoisotopic (exact) mass is 118 g/mol. The van der Waals surface area contributed by atoms with Crippen LogP contribution in [0, 0.1) is 0 Å². The summed E-state index contributed by atoms with van der Waals surface area (Å²) < 4.78 is 0. The van der Waals surface area contributed by atoms with Gasteiger partial charge < -0.3 is 5.32 Å². The van der Waals surface area contributed by atoms with Crippen molar-refractivity contribution in [2.24, 2.45) is 4.99 Å². The van der Waals surface area contributed by atoms with Crippen molar-refractivity contribution in [3.8, 4) is 0 Å². The normalized spacial score (nSPS) is 17.1. The van der Waals surface area contributed by atoms with Crippen LogP contribution in [0.2, 0.25) is 0 Å². The van der Waals surface area contributed by atoms with Gasteiger partial charge in [0.15, 0.2) is 0 Å². The summed E-state index contributed by atoms with van der Waals surface area (Å²) in [6.07, 6.45) is 2.96. The van der Waals surface area contributed by atoms with E-state index in [2.05, 4.69) is 10.3 Å². The van der Waals surface area contributed by atoms with Crippen molar-refractivity contribution in [2.45, 2.75) is 6.42 Å². The second-order valence-corrected chi connectivity index (χ2v) is 1.34. The van der Waals surface area contributed by atoms with Gasteiger partial charge in [-0.05, 0) is 6.42 Å². The third-order valence-corrected chi connectivity index (χ3v) is 0.791. The molecule has 0 aromatic heterocycles. The Labute approximate surface area is 50.5 Å². The van der Waals surface area contributed by atoms with E-state index in [0.29, 0.717) is 0 Å². The molecular formula is C4H10N2S. The molecule has 42 valence electrons. The van der Waals surface area contributed by atoms with E-state index in [0.717, 1.165) is 13.1 Å². The third kappa shape index (κ3) is 2.51. The number of hydrogen-bond acceptors (Lipinski definition) is 2. The molecule has 0 aliphatic carbocycles. The number of aliphatic imine (C=N–C) groups is 1. The molecule has 0 bridgehead atoms. The van der Waals surface area contributed by atoms with Crippen molar-refractivity contribution in [1.29, 1.82) is 0 Å². The molecule has 0 unspecified atom stereocenters. The Kier molecular flexibility index (Phi) is 3.89. The zero-order valence-electron chi connectivity index (χ0n) is 4.15. The third-order valence-electron chi connectivity index (χ3n) is 0.791. The molecule has 0 spiro atoms. The van der Waals surface area contributed by atoms with E-state index in [9.17, 15) is 0 Å². The SMILES string of the molecule is C1=NCCCN1.S. The van der Waals surface area contributed by atoms with Crippen LogP contribution in [0.3, 0.4) is 0 Å². The summed E-state index contributed by atoms with van der Waals surface area (Å²) in [6.45, 7) is 2.11. The molecule has 0 saturated carbocycles. The van der Waals surface area contributed by atoms with Crippen molar-refractivity contribution in [1.82, 2.24) is 5.32 Å². The maximum absolute atomic E-state index is 3.94. The first-order valence-corrected chi connectivity index (χ1v) is 2.22. The molecule has 0 amide bonds. The quantitative estimate of drug-likeness (QED) is 0.480. The first-order valence-electron chi connectivity index (χ1n) is 2.22. The molecule has 1 aliphatic heterocycles. The number of nitrogens with zero attached hydrogens (tertiary/aromatic N) is 1. The molecule has 3 heteroatoms. The molecule has 0 atom stereocenters. The van der Waals surface area contributed by atoms with Gasteiger partial charge in [-0.25, -0.2) is 0 Å². The van der Waals surface area contributed by atoms with Gasteiger partial charge in [0.25, 0.3) is 0 Å². The van der Waals surface area contributed by atoms with E-state index in [1.165, 1.54) is 6.42 Å². The Morgan fingerprint density at radius 3 is 2.57 bits per heavy atom. The van der Waals surface area contributed by atoms with Gasteiger partial charge in [0.1, 0.15) is 0 Å². The Morgan fingerprint density at radius 2 is 2.43 bits per heavy atom. The average Bonchev–Trinajstić information content (AvgIpc) is 1.72. The summed E-state index contributed by atoms with van der Waals surface area (Å²) in [5.41, 5.74) is 0. The van der Waals surface area contributed by atoms with Crippen LogP contribution in [0.5, 0.6) is 0 Å². The predicted octanol–water partition coefficient (Wildman–Crippen LogP) is 0.121. The van der Waals surface area contributed by atoms with Crippen LogP contribution in [-0.4, -0.2) is 19.4 Å². The number of nitrogens with one attached hydrogen (secondary N) is 1. The molecule has 0 aromatic rings. The fraction of sp³-hybridized carbons (Fsp3) is 0.750. The average molecular weight is 118 g/mol. The van der Waals surface area contributed by atoms with Crippen molar-refractivity contribution in [3.63, 3.8) is 0 Å². The first-order chi connectivity index (χ1) is 3.00. The lowest BCUT2D eigenvalue weighted by molar-refractivity contribution is 0.755. The zero-order chi connectivity index (χ0) is 4.24. The number of hydrogen-bond donors (Lipinski definition) is 1. The molecule has 7 heavy (non-hydrogen) atoms. The minimum absolute atomic E-state index is 0. The summed E-state index contributed by atoms with van der Waals surface area (Å²) >= 11 is 0. The zero-order valence-corrected chi connectivity index (χ0v) is 5.15. The van der Waals surface area contributed by atoms with Gasteiger partial charge in [0.05, 0.1) is 6.34 Å². The molecule has 0 fully saturated rings. The summed E-state index contributed by atoms with van der Waals surface area (Å²) in [7, 11) is 0. The van der Waals surface area contributed by atoms with E-state index < -0.39 is 0 Å². The highest BCUT2D eigenvalue weighted by atomic mass is 32.1. The first kappa shape index (κ1) is 6.82. The van der Waals surface area contributed by atoms with Crippen LogP contribution < -0.4 is 5.32 Å². The largest absolute Gasteiger partial charge is 0.376 e. The molecule has 0 radical (unpaired) electrons. The summed E-state index contributed by atoms with van der Waals surface area (Å²) in [5, 5.41) is 2.99. The van der Waals surface area contributed by atoms with Gasteiger partial charge in [-0.2, -0.15) is 13.5 Å². The van der Waals surface area contributed by atoms with E-state index in [4.69, 9.17) is 0 Å². The van der Waals surface area contributed by atoms with Gasteiger partial charge in [0, 0.05) is 13.1 Å². The smallest absolute Gasteiger partial charge is 0.0823 e. The highest BCUT2D eigenvalue weighted by Gasteiger charge is 1.85. The van der Waals surface area contributed by atoms with Crippen molar-refractivity contribution < 1.29 is 0 Å². The molecule has 1 rings (SSSR count). The lowest BCUT2D eigenvalue weighted by atomic mass is 10.4. The van der Waals surface area contributed by atoms with E-state index >= 15 is 0 Å². The minimum Gasteiger partial charge on any atom is -0.376 e. The number of rotatable bonds is 0. The van der Waals surface area contributed by atoms with Crippen molar-refractivity contribution in [3.05, 3.63) is 0 Å². The predicted molar refractivity (Wildman–Crippen MR) is 36.4 cm³/mol. The standard InChI is InChI=1S/C4H8N2.H2S/c1-2-5-4-6-3-1;/h4H,1-3H2,(H,5,6);1H2. The second kappa shape index (κ2) is 3.99. The van der Waals surface area contributed by atoms with Gasteiger partial charge in [-0.1, -0.05) is 0 Å². The Balaban J connectivity index is 0.000000360. The van der Waals surface area contributed by atoms with Crippen LogP contribution in [0.15, 0.2) is 4.99 Å². The van der Waals surface area contributed by atoms with Gasteiger partial charge in [-0.3, -0.25) is 4.99 Å². The summed E-state index contributed by atoms with van der Waals surface area (Å²) in [5.74, 6) is 0. The van der Waals surface area contributed by atoms with E-state index in [1.807, 2.05) is 0 Å². The molecule has 1 heterocycles. The molecular weight excluding hydrogens is 108 g/mol. The van der Waals surface area contributed by atoms with Crippen molar-refractivity contribution >= 4 is 19.8 Å².